The lowest BCUT2D eigenvalue weighted by molar-refractivity contribution is -0.138. The molecule has 4 N–H and O–H groups in total. The van der Waals surface area contributed by atoms with E-state index < -0.39 is 10.00 Å². The molecule has 3 saturated heterocycles. The van der Waals surface area contributed by atoms with E-state index in [2.05, 4.69) is 15.5 Å². The number of allylic oxidation sites excluding steroid dienone is 2. The maximum Gasteiger partial charge on any atom is 0.257 e. The molecule has 480 valence electrons. The third kappa shape index (κ3) is 19.4. The van der Waals surface area contributed by atoms with Gasteiger partial charge in [-0.1, -0.05) is 23.3 Å². The summed E-state index contributed by atoms with van der Waals surface area (Å²) < 4.78 is 52.0. The molecule has 25 heteroatoms. The lowest BCUT2D eigenvalue weighted by atomic mass is 10.1. The highest BCUT2D eigenvalue weighted by molar-refractivity contribution is 8.02. The fourth-order valence-electron chi connectivity index (χ4n) is 10.6. The van der Waals surface area contributed by atoms with Gasteiger partial charge in [0.15, 0.2) is 23.0 Å². The fourth-order valence-corrected chi connectivity index (χ4v) is 12.1. The summed E-state index contributed by atoms with van der Waals surface area (Å²) in [5, 5.41) is 4.71. The van der Waals surface area contributed by atoms with Gasteiger partial charge in [0.1, 0.15) is 25.6 Å². The molecule has 3 aromatic rings. The number of nitrogens with one attached hydrogen (secondary N) is 2. The standard InChI is InChI=1S/C63H87N9O15S/c1-10-42-26-41(3)71(36-42)60(76)48-30-52(79-8)54(32-50(48)64)86-38-44-28-47(29-45(68-44)39-87-55-33-51-49(31-53(55)80-9)61(77)72-37-43(11-2)27-46(72)35-67-51)85-19-16-69(7)40-63(4,5)88-56-34-59(75)70(62(56)78)15-12-58(74)66-14-18-82-21-23-84-25-24-83-22-20-81-17-13-57(73)65-6/h10-11,28-33,35,41,46,56H,12-27,34,36-40,64H2,1-9H3,(H,65,73)(H,66,74)/b42-10+,43-11+/t41-,46-,56?/m1/s1. The number of fused-ring (bicyclic) bond motifs is 2. The van der Waals surface area contributed by atoms with E-state index in [1.54, 1.807) is 48.3 Å². The zero-order chi connectivity index (χ0) is 63.3. The number of thioether (sulfide) groups is 1. The van der Waals surface area contributed by atoms with E-state index in [4.69, 9.17) is 58.3 Å². The Morgan fingerprint density at radius 3 is 2.02 bits per heavy atom. The molecular weight excluding hydrogens is 1150 g/mol. The van der Waals surface area contributed by atoms with Crippen molar-refractivity contribution < 1.29 is 71.4 Å². The number of carbonyl (C=O) groups is 6. The van der Waals surface area contributed by atoms with Crippen LogP contribution in [0.4, 0.5) is 11.4 Å². The average molecular weight is 1240 g/mol. The minimum absolute atomic E-state index is 0.0145. The maximum absolute atomic E-state index is 13.8. The first-order valence-electron chi connectivity index (χ1n) is 29.8. The molecule has 2 aromatic carbocycles. The maximum atomic E-state index is 13.8. The second kappa shape index (κ2) is 33.3. The Morgan fingerprint density at radius 1 is 0.761 bits per heavy atom. The average Bonchev–Trinajstić information content (AvgIpc) is 4.37. The summed E-state index contributed by atoms with van der Waals surface area (Å²) in [5.41, 5.74) is 11.3. The van der Waals surface area contributed by atoms with Crippen molar-refractivity contribution in [2.24, 2.45) is 4.99 Å². The van der Waals surface area contributed by atoms with Crippen LogP contribution in [0, 0.1) is 0 Å². The van der Waals surface area contributed by atoms with Gasteiger partial charge in [-0.3, -0.25) is 43.6 Å². The number of rotatable bonds is 35. The van der Waals surface area contributed by atoms with Crippen molar-refractivity contribution in [2.45, 2.75) is 102 Å². The molecule has 3 fully saturated rings. The number of imide groups is 1. The zero-order valence-corrected chi connectivity index (χ0v) is 53.1. The molecule has 1 unspecified atom stereocenters. The third-order valence-electron chi connectivity index (χ3n) is 15.2. The first-order chi connectivity index (χ1) is 42.3. The summed E-state index contributed by atoms with van der Waals surface area (Å²) >= 11 is 1.43. The number of anilines is 1. The molecule has 24 nitrogen and oxygen atoms in total. The molecule has 0 spiro atoms. The predicted octanol–water partition coefficient (Wildman–Crippen LogP) is 5.56. The Bertz CT molecular complexity index is 3030. The van der Waals surface area contributed by atoms with Crippen molar-refractivity contribution in [1.29, 1.82) is 0 Å². The number of nitrogens with zero attached hydrogens (tertiary/aromatic N) is 6. The Kier molecular flexibility index (Phi) is 25.8. The topological polar surface area (TPSA) is 274 Å². The van der Waals surface area contributed by atoms with Crippen LogP contribution in [0.1, 0.15) is 98.8 Å². The van der Waals surface area contributed by atoms with Gasteiger partial charge in [0.05, 0.1) is 107 Å². The minimum atomic E-state index is -0.594. The molecule has 7 rings (SSSR count). The smallest absolute Gasteiger partial charge is 0.257 e. The molecule has 0 radical (unpaired) electrons. The third-order valence-corrected chi connectivity index (χ3v) is 16.6. The van der Waals surface area contributed by atoms with Gasteiger partial charge in [-0.15, -0.1) is 11.8 Å². The van der Waals surface area contributed by atoms with E-state index in [-0.39, 0.29) is 106 Å². The summed E-state index contributed by atoms with van der Waals surface area (Å²) in [6.45, 7) is 15.4. The number of pyridine rings is 1. The number of likely N-dealkylation sites (N-methyl/N-ethyl adjacent to an activating group) is 1. The number of carbonyl (C=O) groups excluding carboxylic acids is 6. The van der Waals surface area contributed by atoms with Gasteiger partial charge in [0.2, 0.25) is 23.6 Å². The number of hydrogen-bond donors (Lipinski definition) is 3. The summed E-state index contributed by atoms with van der Waals surface area (Å²) in [6.07, 6.45) is 7.74. The van der Waals surface area contributed by atoms with E-state index in [1.165, 1.54) is 42.0 Å². The fraction of sp³-hybridized carbons (Fsp3) is 0.556. The molecule has 4 aliphatic rings. The number of aromatic nitrogens is 1. The van der Waals surface area contributed by atoms with Crippen molar-refractivity contribution in [3.05, 3.63) is 82.2 Å². The number of likely N-dealkylation sites (tertiary alicyclic amines) is 2. The number of methoxy groups -OCH3 is 2. The lowest BCUT2D eigenvalue weighted by Crippen LogP contribution is -2.39. The van der Waals surface area contributed by atoms with Crippen LogP contribution in [-0.4, -0.2) is 215 Å². The second-order valence-corrected chi connectivity index (χ2v) is 24.3. The van der Waals surface area contributed by atoms with Gasteiger partial charge >= 0.3 is 0 Å². The Hall–Kier alpha value is -7.29. The summed E-state index contributed by atoms with van der Waals surface area (Å²) in [4.78, 5) is 94.6. The Morgan fingerprint density at radius 2 is 1.39 bits per heavy atom. The van der Waals surface area contributed by atoms with Crippen LogP contribution < -0.4 is 40.1 Å². The second-order valence-electron chi connectivity index (χ2n) is 22.3. The highest BCUT2D eigenvalue weighted by atomic mass is 32.2. The van der Waals surface area contributed by atoms with Crippen LogP contribution in [0.2, 0.25) is 0 Å². The number of benzene rings is 2. The van der Waals surface area contributed by atoms with Gasteiger partial charge < -0.3 is 73.7 Å². The molecule has 3 atom stereocenters. The zero-order valence-electron chi connectivity index (χ0n) is 52.3. The van der Waals surface area contributed by atoms with Crippen molar-refractivity contribution in [1.82, 2.24) is 35.2 Å². The van der Waals surface area contributed by atoms with Gasteiger partial charge in [0, 0.05) is 113 Å². The molecule has 5 heterocycles. The monoisotopic (exact) mass is 1240 g/mol. The highest BCUT2D eigenvalue weighted by Crippen LogP contribution is 2.40. The molecular formula is C63H87N9O15S. The first-order valence-corrected chi connectivity index (χ1v) is 30.7. The molecule has 6 amide bonds. The Balaban J connectivity index is 0.902. The summed E-state index contributed by atoms with van der Waals surface area (Å²) in [7, 11) is 6.55. The van der Waals surface area contributed by atoms with E-state index in [0.29, 0.717) is 136 Å². The number of hydrogen-bond acceptors (Lipinski definition) is 20. The Labute approximate surface area is 520 Å². The quantitative estimate of drug-likeness (QED) is 0.0282. The molecule has 0 bridgehead atoms. The molecule has 4 aliphatic heterocycles. The number of aliphatic imine (C=N–C) groups is 1. The highest BCUT2D eigenvalue weighted by Gasteiger charge is 2.42. The van der Waals surface area contributed by atoms with Crippen molar-refractivity contribution >= 4 is 64.8 Å². The van der Waals surface area contributed by atoms with Crippen LogP contribution in [0.15, 0.2) is 64.7 Å². The van der Waals surface area contributed by atoms with Crippen molar-refractivity contribution in [3.63, 3.8) is 0 Å². The number of nitrogens with two attached hydrogens (primary N) is 1. The number of amides is 6. The van der Waals surface area contributed by atoms with Crippen LogP contribution in [0.25, 0.3) is 0 Å². The van der Waals surface area contributed by atoms with Gasteiger partial charge in [-0.05, 0) is 66.6 Å². The van der Waals surface area contributed by atoms with Crippen LogP contribution in [-0.2, 0) is 51.3 Å². The SMILES string of the molecule is C/C=C1\C[C@@H](C)N(C(=O)c2cc(OC)c(OCc3cc(OCCN(C)CC(C)(C)SC4CC(=O)N(CCC(=O)NCCOCCOCCOCCOCCC(=O)NC)C4=O)cc(COc4cc5c(cc4OC)C(=O)N4C/C(=C/C)C[C@@H]4C=N5)n3)cc2N)C1. The summed E-state index contributed by atoms with van der Waals surface area (Å²) in [6, 6.07) is 9.98. The molecule has 88 heavy (non-hydrogen) atoms. The lowest BCUT2D eigenvalue weighted by Gasteiger charge is -2.31. The predicted molar refractivity (Wildman–Crippen MR) is 333 cm³/mol. The van der Waals surface area contributed by atoms with Crippen LogP contribution in [0.3, 0.4) is 0 Å². The molecule has 0 saturated carbocycles. The normalized spacial score (nSPS) is 18.3. The van der Waals surface area contributed by atoms with E-state index in [9.17, 15) is 28.8 Å². The number of ether oxygens (including phenoxy) is 9. The van der Waals surface area contributed by atoms with Crippen LogP contribution in [0.5, 0.6) is 28.7 Å². The largest absolute Gasteiger partial charge is 0.493 e. The van der Waals surface area contributed by atoms with E-state index in [1.807, 2.05) is 64.9 Å². The van der Waals surface area contributed by atoms with Gasteiger partial charge in [0.25, 0.3) is 11.8 Å². The summed E-state index contributed by atoms with van der Waals surface area (Å²) in [5.74, 6) is 0.524. The van der Waals surface area contributed by atoms with Crippen molar-refractivity contribution in [3.8, 4) is 28.7 Å². The van der Waals surface area contributed by atoms with E-state index >= 15 is 0 Å². The molecule has 1 aromatic heterocycles. The number of nitrogen functional groups attached to an aromatic ring is 1. The van der Waals surface area contributed by atoms with Crippen molar-refractivity contribution in [2.75, 3.05) is 133 Å². The molecule has 0 aliphatic carbocycles. The van der Waals surface area contributed by atoms with E-state index in [0.717, 1.165) is 12.8 Å². The minimum Gasteiger partial charge on any atom is -0.493 e. The van der Waals surface area contributed by atoms with Crippen LogP contribution >= 0.6 is 11.8 Å². The van der Waals surface area contributed by atoms with Gasteiger partial charge in [-0.25, -0.2) is 0 Å². The van der Waals surface area contributed by atoms with Gasteiger partial charge in [-0.2, -0.15) is 0 Å². The first kappa shape index (κ1) is 68.2.